The summed E-state index contributed by atoms with van der Waals surface area (Å²) in [4.78, 5) is 23.4. The molecule has 0 unspecified atom stereocenters. The summed E-state index contributed by atoms with van der Waals surface area (Å²) in [6, 6.07) is 5.22. The number of anilines is 1. The topological polar surface area (TPSA) is 83.3 Å². The molecule has 2 N–H and O–H groups in total. The van der Waals surface area contributed by atoms with Gasteiger partial charge in [-0.25, -0.2) is 9.97 Å². The number of pyridine rings is 1. The first-order chi connectivity index (χ1) is 13.6. The number of nitrogens with zero attached hydrogens (tertiary/aromatic N) is 4. The molecule has 7 nitrogen and oxygen atoms in total. The third kappa shape index (κ3) is 3.41. The standard InChI is InChI=1S/C19H19Cl2N5O2/c20-13-4-3-12-15(25-8-5-22-11-25)10-16(24-18(12)17(13)21)26-7-1-2-14(26)19(28)23-6-9-27/h3-5,8,10-11,14,27H,1-2,6-7,9H2,(H,23,28)/t14-/m0/s1. The van der Waals surface area contributed by atoms with Gasteiger partial charge in [0.1, 0.15) is 11.9 Å². The van der Waals surface area contributed by atoms with Crippen molar-refractivity contribution in [1.82, 2.24) is 19.9 Å². The fourth-order valence-electron chi connectivity index (χ4n) is 3.58. The van der Waals surface area contributed by atoms with E-state index in [0.717, 1.165) is 23.9 Å². The van der Waals surface area contributed by atoms with Crippen molar-refractivity contribution in [3.63, 3.8) is 0 Å². The van der Waals surface area contributed by atoms with E-state index >= 15 is 0 Å². The molecule has 0 spiro atoms. The van der Waals surface area contributed by atoms with Gasteiger partial charge in [0.25, 0.3) is 0 Å². The molecule has 1 aliphatic rings. The molecular formula is C19H19Cl2N5O2. The normalized spacial score (nSPS) is 16.7. The van der Waals surface area contributed by atoms with Crippen LogP contribution in [0.2, 0.25) is 10.0 Å². The molecule has 3 heterocycles. The Labute approximate surface area is 171 Å². The number of amides is 1. The van der Waals surface area contributed by atoms with Crippen LogP contribution < -0.4 is 10.2 Å². The SMILES string of the molecule is O=C(NCCO)[C@@H]1CCCN1c1cc(-n2ccnc2)c2ccc(Cl)c(Cl)c2n1. The van der Waals surface area contributed by atoms with Crippen molar-refractivity contribution in [1.29, 1.82) is 0 Å². The Morgan fingerprint density at radius 1 is 1.36 bits per heavy atom. The van der Waals surface area contributed by atoms with Crippen LogP contribution in [-0.4, -0.2) is 51.3 Å². The van der Waals surface area contributed by atoms with Crippen molar-refractivity contribution in [3.05, 3.63) is 47.0 Å². The molecule has 3 aromatic rings. The van der Waals surface area contributed by atoms with E-state index in [1.54, 1.807) is 18.6 Å². The van der Waals surface area contributed by atoms with Crippen LogP contribution >= 0.6 is 23.2 Å². The maximum Gasteiger partial charge on any atom is 0.242 e. The van der Waals surface area contributed by atoms with Gasteiger partial charge in [0.2, 0.25) is 5.91 Å². The van der Waals surface area contributed by atoms with E-state index in [2.05, 4.69) is 10.3 Å². The Hall–Kier alpha value is -2.35. The lowest BCUT2D eigenvalue weighted by atomic mass is 10.1. The van der Waals surface area contributed by atoms with Crippen LogP contribution in [0.3, 0.4) is 0 Å². The smallest absolute Gasteiger partial charge is 0.242 e. The first kappa shape index (κ1) is 19.0. The maximum absolute atomic E-state index is 12.5. The number of rotatable bonds is 5. The molecule has 0 radical (unpaired) electrons. The highest BCUT2D eigenvalue weighted by Gasteiger charge is 2.32. The Morgan fingerprint density at radius 2 is 2.21 bits per heavy atom. The Kier molecular flexibility index (Phi) is 5.39. The van der Waals surface area contributed by atoms with Gasteiger partial charge in [-0.3, -0.25) is 4.79 Å². The predicted octanol–water partition coefficient (Wildman–Crippen LogP) is 2.80. The molecule has 0 aliphatic carbocycles. The summed E-state index contributed by atoms with van der Waals surface area (Å²) in [6.07, 6.45) is 6.85. The van der Waals surface area contributed by atoms with Gasteiger partial charge in [-0.15, -0.1) is 0 Å². The van der Waals surface area contributed by atoms with Crippen molar-refractivity contribution in [2.75, 3.05) is 24.6 Å². The number of fused-ring (bicyclic) bond motifs is 1. The minimum absolute atomic E-state index is 0.0917. The molecule has 9 heteroatoms. The summed E-state index contributed by atoms with van der Waals surface area (Å²) < 4.78 is 1.88. The number of hydrogen-bond acceptors (Lipinski definition) is 5. The molecule has 28 heavy (non-hydrogen) atoms. The lowest BCUT2D eigenvalue weighted by Gasteiger charge is -2.26. The molecule has 1 saturated heterocycles. The van der Waals surface area contributed by atoms with Gasteiger partial charge in [-0.2, -0.15) is 0 Å². The van der Waals surface area contributed by atoms with Crippen LogP contribution in [0.5, 0.6) is 0 Å². The van der Waals surface area contributed by atoms with Crippen molar-refractivity contribution in [3.8, 4) is 5.69 Å². The lowest BCUT2D eigenvalue weighted by Crippen LogP contribution is -2.44. The van der Waals surface area contributed by atoms with E-state index in [4.69, 9.17) is 33.3 Å². The van der Waals surface area contributed by atoms with E-state index in [9.17, 15) is 4.79 Å². The maximum atomic E-state index is 12.5. The minimum atomic E-state index is -0.343. The van der Waals surface area contributed by atoms with Crippen molar-refractivity contribution in [2.24, 2.45) is 0 Å². The van der Waals surface area contributed by atoms with Crippen LogP contribution in [0.25, 0.3) is 16.6 Å². The number of aliphatic hydroxyl groups is 1. The van der Waals surface area contributed by atoms with Gasteiger partial charge >= 0.3 is 0 Å². The number of hydrogen-bond donors (Lipinski definition) is 2. The second-order valence-corrected chi connectivity index (χ2v) is 7.38. The largest absolute Gasteiger partial charge is 0.395 e. The number of carbonyl (C=O) groups is 1. The fraction of sp³-hybridized carbons (Fsp3) is 0.316. The van der Waals surface area contributed by atoms with Crippen molar-refractivity contribution in [2.45, 2.75) is 18.9 Å². The number of halogens is 2. The van der Waals surface area contributed by atoms with Gasteiger partial charge in [-0.1, -0.05) is 23.2 Å². The quantitative estimate of drug-likeness (QED) is 0.664. The molecule has 1 aliphatic heterocycles. The Bertz CT molecular complexity index is 1010. The number of aromatic nitrogens is 3. The summed E-state index contributed by atoms with van der Waals surface area (Å²) in [5.74, 6) is 0.539. The molecule has 0 bridgehead atoms. The molecule has 1 fully saturated rings. The van der Waals surface area contributed by atoms with Crippen LogP contribution in [0.1, 0.15) is 12.8 Å². The van der Waals surface area contributed by atoms with Gasteiger partial charge < -0.3 is 19.9 Å². The highest BCUT2D eigenvalue weighted by atomic mass is 35.5. The second-order valence-electron chi connectivity index (χ2n) is 6.59. The minimum Gasteiger partial charge on any atom is -0.395 e. The van der Waals surface area contributed by atoms with Gasteiger partial charge in [0.05, 0.1) is 34.2 Å². The van der Waals surface area contributed by atoms with Crippen LogP contribution in [0, 0.1) is 0 Å². The third-order valence-electron chi connectivity index (χ3n) is 4.88. The van der Waals surface area contributed by atoms with E-state index in [1.165, 1.54) is 0 Å². The molecular weight excluding hydrogens is 401 g/mol. The highest BCUT2D eigenvalue weighted by molar-refractivity contribution is 6.45. The summed E-state index contributed by atoms with van der Waals surface area (Å²) in [6.45, 7) is 0.846. The zero-order chi connectivity index (χ0) is 19.7. The molecule has 1 aromatic carbocycles. The highest BCUT2D eigenvalue weighted by Crippen LogP contribution is 2.36. The Balaban J connectivity index is 1.83. The van der Waals surface area contributed by atoms with Crippen molar-refractivity contribution < 1.29 is 9.90 Å². The number of carbonyl (C=O) groups excluding carboxylic acids is 1. The molecule has 146 valence electrons. The van der Waals surface area contributed by atoms with Crippen LogP contribution in [-0.2, 0) is 4.79 Å². The summed E-state index contributed by atoms with van der Waals surface area (Å²) in [5, 5.41) is 13.4. The molecule has 1 amide bonds. The summed E-state index contributed by atoms with van der Waals surface area (Å²) in [5.41, 5.74) is 1.44. The molecule has 4 rings (SSSR count). The monoisotopic (exact) mass is 419 g/mol. The van der Waals surface area contributed by atoms with E-state index in [1.807, 2.05) is 27.8 Å². The first-order valence-electron chi connectivity index (χ1n) is 9.02. The number of imidazole rings is 1. The molecule has 1 atom stereocenters. The average Bonchev–Trinajstić information content (AvgIpc) is 3.40. The van der Waals surface area contributed by atoms with Gasteiger partial charge in [0, 0.05) is 36.9 Å². The van der Waals surface area contributed by atoms with E-state index in [0.29, 0.717) is 27.9 Å². The Morgan fingerprint density at radius 3 is 2.96 bits per heavy atom. The summed E-state index contributed by atoms with van der Waals surface area (Å²) in [7, 11) is 0. The third-order valence-corrected chi connectivity index (χ3v) is 5.67. The van der Waals surface area contributed by atoms with Crippen LogP contribution in [0.15, 0.2) is 36.9 Å². The zero-order valence-electron chi connectivity index (χ0n) is 15.0. The average molecular weight is 420 g/mol. The van der Waals surface area contributed by atoms with Gasteiger partial charge in [0.15, 0.2) is 0 Å². The first-order valence-corrected chi connectivity index (χ1v) is 9.78. The second kappa shape index (κ2) is 7.95. The number of aliphatic hydroxyl groups excluding tert-OH is 1. The molecule has 0 saturated carbocycles. The molecule has 2 aromatic heterocycles. The van der Waals surface area contributed by atoms with E-state index in [-0.39, 0.29) is 25.1 Å². The van der Waals surface area contributed by atoms with Crippen molar-refractivity contribution >= 4 is 45.8 Å². The number of benzene rings is 1. The number of nitrogens with one attached hydrogen (secondary N) is 1. The van der Waals surface area contributed by atoms with E-state index < -0.39 is 0 Å². The fourth-order valence-corrected chi connectivity index (χ4v) is 3.94. The zero-order valence-corrected chi connectivity index (χ0v) is 16.5. The summed E-state index contributed by atoms with van der Waals surface area (Å²) >= 11 is 12.7. The van der Waals surface area contributed by atoms with Gasteiger partial charge in [-0.05, 0) is 25.0 Å². The van der Waals surface area contributed by atoms with Crippen LogP contribution in [0.4, 0.5) is 5.82 Å². The lowest BCUT2D eigenvalue weighted by molar-refractivity contribution is -0.122. The predicted molar refractivity (Wildman–Crippen MR) is 109 cm³/mol.